The predicted octanol–water partition coefficient (Wildman–Crippen LogP) is 1.17. The fraction of sp³-hybridized carbons (Fsp3) is 0.643. The quantitative estimate of drug-likeness (QED) is 0.784. The number of hydrogen-bond donors (Lipinski definition) is 2. The molecule has 0 bridgehead atoms. The molecule has 1 saturated carbocycles. The molecule has 0 aliphatic heterocycles. The molecule has 2 rings (SSSR count). The van der Waals surface area contributed by atoms with Gasteiger partial charge in [0.1, 0.15) is 10.7 Å². The van der Waals surface area contributed by atoms with Gasteiger partial charge < -0.3 is 14.9 Å². The van der Waals surface area contributed by atoms with Crippen molar-refractivity contribution in [1.82, 2.24) is 4.72 Å². The van der Waals surface area contributed by atoms with Crippen LogP contribution >= 0.6 is 0 Å². The van der Waals surface area contributed by atoms with Crippen LogP contribution in [0.3, 0.4) is 0 Å². The van der Waals surface area contributed by atoms with Crippen molar-refractivity contribution in [3.63, 3.8) is 0 Å². The molecule has 1 aliphatic rings. The summed E-state index contributed by atoms with van der Waals surface area (Å²) in [5.74, 6) is -0.537. The number of ether oxygens (including phenoxy) is 1. The molecule has 124 valence electrons. The van der Waals surface area contributed by atoms with Gasteiger partial charge in [0.15, 0.2) is 0 Å². The molecule has 7 nitrogen and oxygen atoms in total. The first-order chi connectivity index (χ1) is 10.4. The van der Waals surface area contributed by atoms with Gasteiger partial charge in [-0.25, -0.2) is 17.9 Å². The highest BCUT2D eigenvalue weighted by Gasteiger charge is 2.31. The van der Waals surface area contributed by atoms with E-state index in [9.17, 15) is 13.2 Å². The number of methoxy groups -OCH3 is 1. The zero-order chi connectivity index (χ0) is 16.3. The molecule has 3 N–H and O–H groups in total. The van der Waals surface area contributed by atoms with Crippen LogP contribution in [0.15, 0.2) is 15.4 Å². The number of carbonyl (C=O) groups excluding carboxylic acids is 1. The van der Waals surface area contributed by atoms with Gasteiger partial charge in [-0.05, 0) is 32.2 Å². The van der Waals surface area contributed by atoms with Crippen LogP contribution in [0.5, 0.6) is 0 Å². The molecule has 22 heavy (non-hydrogen) atoms. The molecule has 0 saturated heterocycles. The number of hydrogen-bond acceptors (Lipinski definition) is 6. The summed E-state index contributed by atoms with van der Waals surface area (Å²) < 4.78 is 37.5. The molecular weight excluding hydrogens is 308 g/mol. The van der Waals surface area contributed by atoms with Crippen LogP contribution in [0.25, 0.3) is 0 Å². The molecule has 2 unspecified atom stereocenters. The van der Waals surface area contributed by atoms with Gasteiger partial charge in [-0.2, -0.15) is 0 Å². The summed E-state index contributed by atoms with van der Waals surface area (Å²) in [5, 5.41) is 0. The van der Waals surface area contributed by atoms with Crippen molar-refractivity contribution in [2.75, 3.05) is 13.7 Å². The Morgan fingerprint density at radius 1 is 1.45 bits per heavy atom. The highest BCUT2D eigenvalue weighted by Crippen LogP contribution is 2.27. The van der Waals surface area contributed by atoms with Gasteiger partial charge in [0.05, 0.1) is 7.11 Å². The predicted molar refractivity (Wildman–Crippen MR) is 79.9 cm³/mol. The fourth-order valence-corrected chi connectivity index (χ4v) is 4.36. The van der Waals surface area contributed by atoms with Gasteiger partial charge in [-0.3, -0.25) is 0 Å². The Labute approximate surface area is 130 Å². The average molecular weight is 330 g/mol. The van der Waals surface area contributed by atoms with Crippen LogP contribution in [0, 0.1) is 12.8 Å². The van der Waals surface area contributed by atoms with Crippen LogP contribution < -0.4 is 10.5 Å². The van der Waals surface area contributed by atoms with Crippen molar-refractivity contribution >= 4 is 16.0 Å². The summed E-state index contributed by atoms with van der Waals surface area (Å²) in [6.07, 6.45) is 3.72. The molecule has 8 heteroatoms. The van der Waals surface area contributed by atoms with Crippen LogP contribution in [-0.4, -0.2) is 34.1 Å². The summed E-state index contributed by atoms with van der Waals surface area (Å²) in [6, 6.07) is 1.02. The number of furan rings is 1. The minimum Gasteiger partial charge on any atom is -0.463 e. The molecule has 1 aliphatic carbocycles. The molecule has 2 atom stereocenters. The lowest BCUT2D eigenvalue weighted by atomic mass is 9.85. The van der Waals surface area contributed by atoms with Crippen LogP contribution in [0.4, 0.5) is 0 Å². The van der Waals surface area contributed by atoms with Crippen LogP contribution in [0.1, 0.15) is 42.0 Å². The SMILES string of the molecule is COC(=O)c1cc(S(=O)(=O)NC2CCCCC2CN)c(C)o1. The van der Waals surface area contributed by atoms with Crippen molar-refractivity contribution in [3.8, 4) is 0 Å². The molecular formula is C14H22N2O5S. The van der Waals surface area contributed by atoms with Crippen molar-refractivity contribution in [2.45, 2.75) is 43.5 Å². The third-order valence-electron chi connectivity index (χ3n) is 4.07. The molecule has 0 amide bonds. The largest absolute Gasteiger partial charge is 0.463 e. The van der Waals surface area contributed by atoms with Gasteiger partial charge in [-0.1, -0.05) is 12.8 Å². The standard InChI is InChI=1S/C14H22N2O5S/c1-9-13(7-12(21-9)14(17)20-2)22(18,19)16-11-6-4-3-5-10(11)8-15/h7,10-11,16H,3-6,8,15H2,1-2H3. The minimum atomic E-state index is -3.76. The van der Waals surface area contributed by atoms with E-state index in [2.05, 4.69) is 9.46 Å². The molecule has 0 radical (unpaired) electrons. The van der Waals surface area contributed by atoms with Crippen molar-refractivity contribution in [3.05, 3.63) is 17.6 Å². The van der Waals surface area contributed by atoms with Crippen molar-refractivity contribution in [2.24, 2.45) is 11.7 Å². The number of aryl methyl sites for hydroxylation is 1. The van der Waals surface area contributed by atoms with E-state index in [1.807, 2.05) is 0 Å². The lowest BCUT2D eigenvalue weighted by Crippen LogP contribution is -2.44. The molecule has 0 aromatic carbocycles. The maximum Gasteiger partial charge on any atom is 0.373 e. The summed E-state index contributed by atoms with van der Waals surface area (Å²) >= 11 is 0. The number of carbonyl (C=O) groups is 1. The van der Waals surface area contributed by atoms with E-state index in [-0.39, 0.29) is 28.4 Å². The second-order valence-corrected chi connectivity index (χ2v) is 7.21. The number of nitrogens with two attached hydrogens (primary N) is 1. The summed E-state index contributed by atoms with van der Waals surface area (Å²) in [7, 11) is -2.55. The molecule has 1 heterocycles. The van der Waals surface area contributed by atoms with E-state index in [4.69, 9.17) is 10.2 Å². The first-order valence-electron chi connectivity index (χ1n) is 7.30. The van der Waals surface area contributed by atoms with E-state index < -0.39 is 16.0 Å². The Kier molecular flexibility index (Phi) is 5.25. The number of nitrogens with one attached hydrogen (secondary N) is 1. The Morgan fingerprint density at radius 2 is 2.14 bits per heavy atom. The normalized spacial score (nSPS) is 22.5. The molecule has 1 aromatic rings. The maximum atomic E-state index is 12.5. The van der Waals surface area contributed by atoms with E-state index in [0.29, 0.717) is 6.54 Å². The van der Waals surface area contributed by atoms with E-state index >= 15 is 0 Å². The summed E-state index contributed by atoms with van der Waals surface area (Å²) in [4.78, 5) is 11.4. The van der Waals surface area contributed by atoms with Gasteiger partial charge in [-0.15, -0.1) is 0 Å². The molecule has 1 aromatic heterocycles. The molecule has 0 spiro atoms. The Balaban J connectivity index is 2.23. The minimum absolute atomic E-state index is 0.0331. The Hall–Kier alpha value is -1.38. The number of rotatable bonds is 5. The Morgan fingerprint density at radius 3 is 2.77 bits per heavy atom. The third-order valence-corrected chi connectivity index (χ3v) is 5.66. The highest BCUT2D eigenvalue weighted by molar-refractivity contribution is 7.89. The van der Waals surface area contributed by atoms with Gasteiger partial charge >= 0.3 is 5.97 Å². The zero-order valence-corrected chi connectivity index (χ0v) is 13.6. The summed E-state index contributed by atoms with van der Waals surface area (Å²) in [5.41, 5.74) is 5.73. The van der Waals surface area contributed by atoms with Crippen molar-refractivity contribution in [1.29, 1.82) is 0 Å². The van der Waals surface area contributed by atoms with E-state index in [1.54, 1.807) is 0 Å². The van der Waals surface area contributed by atoms with Gasteiger partial charge in [0.25, 0.3) is 0 Å². The first kappa shape index (κ1) is 17.0. The van der Waals surface area contributed by atoms with E-state index in [0.717, 1.165) is 25.7 Å². The number of esters is 1. The average Bonchev–Trinajstić information content (AvgIpc) is 2.89. The fourth-order valence-electron chi connectivity index (χ4n) is 2.84. The third kappa shape index (κ3) is 3.50. The summed E-state index contributed by atoms with van der Waals surface area (Å²) in [6.45, 7) is 1.95. The second-order valence-electron chi connectivity index (χ2n) is 5.53. The zero-order valence-electron chi connectivity index (χ0n) is 12.8. The first-order valence-corrected chi connectivity index (χ1v) is 8.78. The number of sulfonamides is 1. The smallest absolute Gasteiger partial charge is 0.373 e. The monoisotopic (exact) mass is 330 g/mol. The topological polar surface area (TPSA) is 112 Å². The lowest BCUT2D eigenvalue weighted by Gasteiger charge is -2.30. The van der Waals surface area contributed by atoms with Gasteiger partial charge in [0.2, 0.25) is 15.8 Å². The van der Waals surface area contributed by atoms with Crippen LogP contribution in [-0.2, 0) is 14.8 Å². The highest BCUT2D eigenvalue weighted by atomic mass is 32.2. The van der Waals surface area contributed by atoms with Gasteiger partial charge in [0, 0.05) is 12.1 Å². The Bertz CT molecular complexity index is 638. The molecule has 1 fully saturated rings. The van der Waals surface area contributed by atoms with Crippen LogP contribution in [0.2, 0.25) is 0 Å². The maximum absolute atomic E-state index is 12.5. The van der Waals surface area contributed by atoms with Crippen molar-refractivity contribution < 1.29 is 22.4 Å². The van der Waals surface area contributed by atoms with E-state index in [1.165, 1.54) is 20.1 Å². The lowest BCUT2D eigenvalue weighted by molar-refractivity contribution is 0.0563. The second kappa shape index (κ2) is 6.80.